The molecule has 0 aliphatic heterocycles. The molecule has 0 aromatic heterocycles. The quantitative estimate of drug-likeness (QED) is 0.844. The molecule has 1 N–H and O–H groups in total. The van der Waals surface area contributed by atoms with Gasteiger partial charge in [0.2, 0.25) is 0 Å². The number of aryl methyl sites for hydroxylation is 1. The molecule has 0 heterocycles. The molecule has 2 rings (SSSR count). The SMILES string of the molecule is CCc1cccc(C2(O)CCC(C(C)C)CC2)c1. The fourth-order valence-electron chi connectivity index (χ4n) is 3.15. The summed E-state index contributed by atoms with van der Waals surface area (Å²) in [6.07, 6.45) is 5.19. The molecular formula is C17H26O. The van der Waals surface area contributed by atoms with Gasteiger partial charge in [-0.1, -0.05) is 45.0 Å². The van der Waals surface area contributed by atoms with Crippen molar-refractivity contribution in [2.45, 2.75) is 58.5 Å². The van der Waals surface area contributed by atoms with Gasteiger partial charge in [-0.05, 0) is 55.1 Å². The van der Waals surface area contributed by atoms with Crippen LogP contribution in [0.15, 0.2) is 24.3 Å². The molecule has 0 spiro atoms. The molecule has 1 aliphatic rings. The zero-order chi connectivity index (χ0) is 13.2. The summed E-state index contributed by atoms with van der Waals surface area (Å²) in [5, 5.41) is 10.9. The molecule has 100 valence electrons. The first kappa shape index (κ1) is 13.6. The summed E-state index contributed by atoms with van der Waals surface area (Å²) in [6.45, 7) is 6.76. The Bertz CT molecular complexity index is 386. The predicted molar refractivity (Wildman–Crippen MR) is 76.5 cm³/mol. The summed E-state index contributed by atoms with van der Waals surface area (Å²) in [6, 6.07) is 8.51. The van der Waals surface area contributed by atoms with E-state index in [4.69, 9.17) is 0 Å². The number of hydrogen-bond acceptors (Lipinski definition) is 1. The fourth-order valence-corrected chi connectivity index (χ4v) is 3.15. The summed E-state index contributed by atoms with van der Waals surface area (Å²) in [5.74, 6) is 1.54. The Labute approximate surface area is 111 Å². The molecule has 1 aromatic rings. The Morgan fingerprint density at radius 2 is 1.94 bits per heavy atom. The van der Waals surface area contributed by atoms with Gasteiger partial charge in [-0.3, -0.25) is 0 Å². The Balaban J connectivity index is 2.12. The van der Waals surface area contributed by atoms with E-state index in [1.165, 1.54) is 5.56 Å². The minimum atomic E-state index is -0.573. The maximum absolute atomic E-state index is 10.9. The molecule has 0 unspecified atom stereocenters. The first-order valence-corrected chi connectivity index (χ1v) is 7.37. The van der Waals surface area contributed by atoms with E-state index in [9.17, 15) is 5.11 Å². The number of benzene rings is 1. The van der Waals surface area contributed by atoms with E-state index in [0.29, 0.717) is 0 Å². The largest absolute Gasteiger partial charge is 0.385 e. The second-order valence-electron chi connectivity index (χ2n) is 6.17. The van der Waals surface area contributed by atoms with E-state index in [2.05, 4.69) is 45.0 Å². The second-order valence-corrected chi connectivity index (χ2v) is 6.17. The van der Waals surface area contributed by atoms with Crippen molar-refractivity contribution in [3.05, 3.63) is 35.4 Å². The highest BCUT2D eigenvalue weighted by Crippen LogP contribution is 2.41. The fraction of sp³-hybridized carbons (Fsp3) is 0.647. The van der Waals surface area contributed by atoms with Gasteiger partial charge in [0.25, 0.3) is 0 Å². The van der Waals surface area contributed by atoms with Crippen LogP contribution in [0.3, 0.4) is 0 Å². The highest BCUT2D eigenvalue weighted by Gasteiger charge is 2.35. The van der Waals surface area contributed by atoms with Gasteiger partial charge in [-0.15, -0.1) is 0 Å². The van der Waals surface area contributed by atoms with Gasteiger partial charge in [0.05, 0.1) is 5.60 Å². The molecular weight excluding hydrogens is 220 g/mol. The third kappa shape index (κ3) is 2.77. The molecule has 1 heteroatoms. The molecule has 0 amide bonds. The van der Waals surface area contributed by atoms with Gasteiger partial charge in [-0.25, -0.2) is 0 Å². The van der Waals surface area contributed by atoms with Crippen molar-refractivity contribution in [1.29, 1.82) is 0 Å². The normalized spacial score (nSPS) is 28.6. The maximum Gasteiger partial charge on any atom is 0.0896 e. The van der Waals surface area contributed by atoms with Crippen LogP contribution in [0.2, 0.25) is 0 Å². The molecule has 1 fully saturated rings. The lowest BCUT2D eigenvalue weighted by atomic mass is 9.72. The third-order valence-electron chi connectivity index (χ3n) is 4.67. The summed E-state index contributed by atoms with van der Waals surface area (Å²) < 4.78 is 0. The lowest BCUT2D eigenvalue weighted by Gasteiger charge is -2.38. The van der Waals surface area contributed by atoms with E-state index < -0.39 is 5.60 Å². The number of aliphatic hydroxyl groups is 1. The van der Waals surface area contributed by atoms with Gasteiger partial charge < -0.3 is 5.11 Å². The molecule has 0 radical (unpaired) electrons. The van der Waals surface area contributed by atoms with Gasteiger partial charge >= 0.3 is 0 Å². The first-order valence-electron chi connectivity index (χ1n) is 7.37. The van der Waals surface area contributed by atoms with Crippen molar-refractivity contribution in [2.24, 2.45) is 11.8 Å². The Morgan fingerprint density at radius 1 is 1.28 bits per heavy atom. The monoisotopic (exact) mass is 246 g/mol. The molecule has 0 saturated heterocycles. The molecule has 1 aliphatic carbocycles. The van der Waals surface area contributed by atoms with Crippen molar-refractivity contribution in [3.63, 3.8) is 0 Å². The Hall–Kier alpha value is -0.820. The third-order valence-corrected chi connectivity index (χ3v) is 4.67. The van der Waals surface area contributed by atoms with Crippen molar-refractivity contribution < 1.29 is 5.11 Å². The Morgan fingerprint density at radius 3 is 2.50 bits per heavy atom. The van der Waals surface area contributed by atoms with E-state index in [1.54, 1.807) is 0 Å². The van der Waals surface area contributed by atoms with Gasteiger partial charge in [-0.2, -0.15) is 0 Å². The van der Waals surface area contributed by atoms with Crippen LogP contribution in [-0.4, -0.2) is 5.11 Å². The van der Waals surface area contributed by atoms with Crippen LogP contribution >= 0.6 is 0 Å². The van der Waals surface area contributed by atoms with Crippen LogP contribution in [0.1, 0.15) is 57.6 Å². The van der Waals surface area contributed by atoms with E-state index in [1.807, 2.05) is 0 Å². The van der Waals surface area contributed by atoms with Crippen molar-refractivity contribution >= 4 is 0 Å². The van der Waals surface area contributed by atoms with E-state index in [0.717, 1.165) is 49.5 Å². The highest BCUT2D eigenvalue weighted by molar-refractivity contribution is 5.28. The molecule has 0 atom stereocenters. The zero-order valence-electron chi connectivity index (χ0n) is 11.9. The average molecular weight is 246 g/mol. The van der Waals surface area contributed by atoms with Crippen LogP contribution in [0, 0.1) is 11.8 Å². The predicted octanol–water partition coefficient (Wildman–Crippen LogP) is 4.28. The van der Waals surface area contributed by atoms with Crippen LogP contribution in [0.5, 0.6) is 0 Å². The lowest BCUT2D eigenvalue weighted by molar-refractivity contribution is -0.0200. The minimum absolute atomic E-state index is 0.573. The molecule has 1 aromatic carbocycles. The number of hydrogen-bond donors (Lipinski definition) is 1. The van der Waals surface area contributed by atoms with Gasteiger partial charge in [0.15, 0.2) is 0 Å². The first-order chi connectivity index (χ1) is 8.55. The average Bonchev–Trinajstić information content (AvgIpc) is 2.39. The Kier molecular flexibility index (Phi) is 4.11. The minimum Gasteiger partial charge on any atom is -0.385 e. The van der Waals surface area contributed by atoms with E-state index in [-0.39, 0.29) is 0 Å². The molecule has 18 heavy (non-hydrogen) atoms. The standard InChI is InChI=1S/C17H26O/c1-4-14-6-5-7-16(12-14)17(18)10-8-15(9-11-17)13(2)3/h5-7,12-13,15,18H,4,8-11H2,1-3H3. The molecule has 1 nitrogen and oxygen atoms in total. The topological polar surface area (TPSA) is 20.2 Å². The van der Waals surface area contributed by atoms with Crippen molar-refractivity contribution in [3.8, 4) is 0 Å². The van der Waals surface area contributed by atoms with Gasteiger partial charge in [0, 0.05) is 0 Å². The molecule has 1 saturated carbocycles. The van der Waals surface area contributed by atoms with Crippen LogP contribution in [0.25, 0.3) is 0 Å². The number of rotatable bonds is 3. The smallest absolute Gasteiger partial charge is 0.0896 e. The second kappa shape index (κ2) is 5.44. The summed E-state index contributed by atoms with van der Waals surface area (Å²) in [5.41, 5.74) is 1.88. The maximum atomic E-state index is 10.9. The molecule has 0 bridgehead atoms. The zero-order valence-corrected chi connectivity index (χ0v) is 11.9. The summed E-state index contributed by atoms with van der Waals surface area (Å²) in [4.78, 5) is 0. The summed E-state index contributed by atoms with van der Waals surface area (Å²) >= 11 is 0. The van der Waals surface area contributed by atoms with Crippen LogP contribution < -0.4 is 0 Å². The van der Waals surface area contributed by atoms with E-state index >= 15 is 0 Å². The summed E-state index contributed by atoms with van der Waals surface area (Å²) in [7, 11) is 0. The lowest BCUT2D eigenvalue weighted by Crippen LogP contribution is -2.32. The van der Waals surface area contributed by atoms with Crippen molar-refractivity contribution in [1.82, 2.24) is 0 Å². The van der Waals surface area contributed by atoms with Gasteiger partial charge in [0.1, 0.15) is 0 Å². The highest BCUT2D eigenvalue weighted by atomic mass is 16.3. The van der Waals surface area contributed by atoms with Crippen LogP contribution in [-0.2, 0) is 12.0 Å². The van der Waals surface area contributed by atoms with Crippen LogP contribution in [0.4, 0.5) is 0 Å². The van der Waals surface area contributed by atoms with Crippen molar-refractivity contribution in [2.75, 3.05) is 0 Å².